The Bertz CT molecular complexity index is 1280. The molecule has 0 spiro atoms. The zero-order chi connectivity index (χ0) is 26.9. The summed E-state index contributed by atoms with van der Waals surface area (Å²) >= 11 is 0. The first-order chi connectivity index (χ1) is 18.4. The third-order valence-corrected chi connectivity index (χ3v) is 6.14. The minimum absolute atomic E-state index is 0.0362. The van der Waals surface area contributed by atoms with Crippen molar-refractivity contribution >= 4 is 29.2 Å². The lowest BCUT2D eigenvalue weighted by Gasteiger charge is -2.35. The van der Waals surface area contributed by atoms with Gasteiger partial charge in [-0.15, -0.1) is 0 Å². The van der Waals surface area contributed by atoms with Gasteiger partial charge < -0.3 is 29.9 Å². The van der Waals surface area contributed by atoms with Crippen LogP contribution in [0.5, 0.6) is 11.5 Å². The van der Waals surface area contributed by atoms with Gasteiger partial charge in [-0.05, 0) is 55.2 Å². The number of carbonyl (C=O) groups is 3. The molecule has 3 aromatic rings. The molecule has 1 amide bonds. The predicted octanol–water partition coefficient (Wildman–Crippen LogP) is 4.47. The maximum absolute atomic E-state index is 13.1. The van der Waals surface area contributed by atoms with Crippen molar-refractivity contribution in [2.45, 2.75) is 31.8 Å². The highest BCUT2D eigenvalue weighted by atomic mass is 16.5. The first kappa shape index (κ1) is 26.5. The van der Waals surface area contributed by atoms with Crippen LogP contribution in [-0.2, 0) is 16.0 Å². The van der Waals surface area contributed by atoms with Gasteiger partial charge in [0.05, 0.1) is 24.5 Å². The number of fused-ring (bicyclic) bond motifs is 1. The van der Waals surface area contributed by atoms with Crippen molar-refractivity contribution in [3.63, 3.8) is 0 Å². The summed E-state index contributed by atoms with van der Waals surface area (Å²) in [6, 6.07) is 22.1. The SMILES string of the molecule is O=C(O)CCCN1CC(C(=O)O)Oc2c(NC(=O)c3cccc(OCCCc4ccccc4)c3)cccc21. The van der Waals surface area contributed by atoms with Gasteiger partial charge in [0.2, 0.25) is 6.10 Å². The Labute approximate surface area is 220 Å². The molecule has 4 rings (SSSR count). The van der Waals surface area contributed by atoms with Crippen molar-refractivity contribution in [3.05, 3.63) is 83.9 Å². The summed E-state index contributed by atoms with van der Waals surface area (Å²) in [6.07, 6.45) is 0.881. The van der Waals surface area contributed by atoms with Crippen molar-refractivity contribution in [1.29, 1.82) is 0 Å². The summed E-state index contributed by atoms with van der Waals surface area (Å²) in [7, 11) is 0. The summed E-state index contributed by atoms with van der Waals surface area (Å²) in [4.78, 5) is 37.5. The van der Waals surface area contributed by atoms with Crippen molar-refractivity contribution in [1.82, 2.24) is 0 Å². The Morgan fingerprint density at radius 3 is 2.53 bits per heavy atom. The quantitative estimate of drug-likeness (QED) is 0.300. The van der Waals surface area contributed by atoms with Crippen LogP contribution in [0.15, 0.2) is 72.8 Å². The van der Waals surface area contributed by atoms with E-state index in [4.69, 9.17) is 14.6 Å². The van der Waals surface area contributed by atoms with Crippen LogP contribution in [0.25, 0.3) is 0 Å². The normalized spacial score (nSPS) is 14.2. The van der Waals surface area contributed by atoms with Crippen LogP contribution in [0.2, 0.25) is 0 Å². The van der Waals surface area contributed by atoms with Crippen LogP contribution >= 0.6 is 0 Å². The van der Waals surface area contributed by atoms with Gasteiger partial charge in [0.1, 0.15) is 5.75 Å². The molecule has 1 aliphatic rings. The van der Waals surface area contributed by atoms with Crippen LogP contribution in [0, 0.1) is 0 Å². The van der Waals surface area contributed by atoms with Crippen molar-refractivity contribution in [3.8, 4) is 11.5 Å². The molecular weight excluding hydrogens is 488 g/mol. The number of hydrogen-bond acceptors (Lipinski definition) is 6. The molecule has 3 aromatic carbocycles. The van der Waals surface area contributed by atoms with E-state index in [1.165, 1.54) is 5.56 Å². The molecule has 0 saturated carbocycles. The number of aliphatic carboxylic acids is 2. The Kier molecular flexibility index (Phi) is 8.81. The summed E-state index contributed by atoms with van der Waals surface area (Å²) in [5, 5.41) is 21.4. The molecule has 1 unspecified atom stereocenters. The van der Waals surface area contributed by atoms with Crippen molar-refractivity contribution in [2.75, 3.05) is 29.9 Å². The monoisotopic (exact) mass is 518 g/mol. The number of aryl methyl sites for hydroxylation is 1. The number of carbonyl (C=O) groups excluding carboxylic acids is 1. The number of amides is 1. The lowest BCUT2D eigenvalue weighted by Crippen LogP contribution is -2.45. The fourth-order valence-electron chi connectivity index (χ4n) is 4.27. The third-order valence-electron chi connectivity index (χ3n) is 6.14. The smallest absolute Gasteiger partial charge is 0.346 e. The average Bonchev–Trinajstić information content (AvgIpc) is 2.92. The van der Waals surface area contributed by atoms with Crippen LogP contribution in [0.3, 0.4) is 0 Å². The van der Waals surface area contributed by atoms with Gasteiger partial charge in [0.25, 0.3) is 5.91 Å². The second kappa shape index (κ2) is 12.6. The van der Waals surface area contributed by atoms with Gasteiger partial charge in [0, 0.05) is 18.5 Å². The summed E-state index contributed by atoms with van der Waals surface area (Å²) < 4.78 is 11.6. The fraction of sp³-hybridized carbons (Fsp3) is 0.276. The summed E-state index contributed by atoms with van der Waals surface area (Å²) in [5.41, 5.74) is 2.55. The second-order valence-electron chi connectivity index (χ2n) is 8.96. The largest absolute Gasteiger partial charge is 0.494 e. The van der Waals surface area contributed by atoms with Gasteiger partial charge in [-0.25, -0.2) is 4.79 Å². The number of carboxylic acids is 2. The molecule has 38 heavy (non-hydrogen) atoms. The van der Waals surface area contributed by atoms with Crippen LogP contribution in [-0.4, -0.2) is 53.9 Å². The third kappa shape index (κ3) is 7.03. The number of ether oxygens (including phenoxy) is 2. The number of nitrogens with one attached hydrogen (secondary N) is 1. The molecule has 0 aromatic heterocycles. The Balaban J connectivity index is 1.43. The van der Waals surface area contributed by atoms with Crippen LogP contribution < -0.4 is 19.7 Å². The number of carboxylic acid groups (broad SMARTS) is 2. The predicted molar refractivity (Wildman–Crippen MR) is 142 cm³/mol. The first-order valence-electron chi connectivity index (χ1n) is 12.5. The second-order valence-corrected chi connectivity index (χ2v) is 8.96. The number of anilines is 2. The van der Waals surface area contributed by atoms with Crippen LogP contribution in [0.1, 0.15) is 35.2 Å². The Morgan fingerprint density at radius 2 is 1.76 bits per heavy atom. The lowest BCUT2D eigenvalue weighted by molar-refractivity contribution is -0.145. The van der Waals surface area contributed by atoms with Crippen molar-refractivity contribution < 1.29 is 34.1 Å². The van der Waals surface area contributed by atoms with E-state index in [2.05, 4.69) is 17.4 Å². The number of para-hydroxylation sites is 1. The molecule has 1 heterocycles. The highest BCUT2D eigenvalue weighted by Gasteiger charge is 2.32. The Hall–Kier alpha value is -4.53. The maximum Gasteiger partial charge on any atom is 0.346 e. The van der Waals surface area contributed by atoms with Gasteiger partial charge in [-0.2, -0.15) is 0 Å². The molecule has 0 aliphatic carbocycles. The number of nitrogens with zero attached hydrogens (tertiary/aromatic N) is 1. The van der Waals surface area contributed by atoms with E-state index in [-0.39, 0.29) is 18.7 Å². The molecule has 9 nitrogen and oxygen atoms in total. The van der Waals surface area contributed by atoms with Gasteiger partial charge in [-0.3, -0.25) is 9.59 Å². The molecule has 1 atom stereocenters. The molecule has 0 radical (unpaired) electrons. The van der Waals surface area contributed by atoms with E-state index < -0.39 is 23.9 Å². The van der Waals surface area contributed by atoms with E-state index in [0.29, 0.717) is 42.3 Å². The minimum atomic E-state index is -1.15. The zero-order valence-electron chi connectivity index (χ0n) is 20.8. The molecule has 198 valence electrons. The minimum Gasteiger partial charge on any atom is -0.494 e. The van der Waals surface area contributed by atoms with E-state index in [1.807, 2.05) is 18.2 Å². The molecular formula is C29H30N2O7. The van der Waals surface area contributed by atoms with Gasteiger partial charge in [-0.1, -0.05) is 42.5 Å². The number of rotatable bonds is 12. The number of benzene rings is 3. The molecule has 3 N–H and O–H groups in total. The lowest BCUT2D eigenvalue weighted by atomic mass is 10.1. The van der Waals surface area contributed by atoms with E-state index in [0.717, 1.165) is 12.8 Å². The highest BCUT2D eigenvalue weighted by molar-refractivity contribution is 6.06. The molecule has 0 fully saturated rings. The van der Waals surface area contributed by atoms with E-state index >= 15 is 0 Å². The van der Waals surface area contributed by atoms with Gasteiger partial charge >= 0.3 is 11.9 Å². The van der Waals surface area contributed by atoms with Gasteiger partial charge in [0.15, 0.2) is 5.75 Å². The maximum atomic E-state index is 13.1. The van der Waals surface area contributed by atoms with Crippen molar-refractivity contribution in [2.24, 2.45) is 0 Å². The highest BCUT2D eigenvalue weighted by Crippen LogP contribution is 2.40. The topological polar surface area (TPSA) is 125 Å². The van der Waals surface area contributed by atoms with Crippen LogP contribution in [0.4, 0.5) is 11.4 Å². The molecule has 0 saturated heterocycles. The molecule has 9 heteroatoms. The molecule has 1 aliphatic heterocycles. The standard InChI is InChI=1S/C29H30N2O7/c32-26(33)15-6-16-31-19-25(29(35)36)38-27-23(13-5-14-24(27)31)30-28(34)21-11-4-12-22(18-21)37-17-7-10-20-8-2-1-3-9-20/h1-5,8-9,11-14,18,25H,6-7,10,15-17,19H2,(H,30,34)(H,32,33)(H,35,36). The summed E-state index contributed by atoms with van der Waals surface area (Å²) in [5.74, 6) is -1.64. The molecule has 0 bridgehead atoms. The first-order valence-corrected chi connectivity index (χ1v) is 12.5. The fourth-order valence-corrected chi connectivity index (χ4v) is 4.27. The average molecular weight is 519 g/mol. The number of hydrogen-bond donors (Lipinski definition) is 3. The zero-order valence-corrected chi connectivity index (χ0v) is 20.8. The van der Waals surface area contributed by atoms with E-state index in [1.54, 1.807) is 47.4 Å². The van der Waals surface area contributed by atoms with E-state index in [9.17, 15) is 19.5 Å². The summed E-state index contributed by atoms with van der Waals surface area (Å²) in [6.45, 7) is 0.921. The Morgan fingerprint density at radius 1 is 0.974 bits per heavy atom.